The molecule has 4 rings (SSSR count). The van der Waals surface area contributed by atoms with Crippen LogP contribution in [0.25, 0.3) is 22.3 Å². The van der Waals surface area contributed by atoms with Gasteiger partial charge in [0.25, 0.3) is 0 Å². The quantitative estimate of drug-likeness (QED) is 0.531. The molecule has 1 fully saturated rings. The molecular formula is C22H26N4O3. The molecule has 2 aromatic carbocycles. The molecule has 3 N–H and O–H groups in total. The zero-order valence-corrected chi connectivity index (χ0v) is 16.7. The number of aromatic nitrogens is 2. The van der Waals surface area contributed by atoms with Crippen LogP contribution < -0.4 is 15.4 Å². The van der Waals surface area contributed by atoms with Gasteiger partial charge < -0.3 is 25.2 Å². The molecule has 1 aliphatic rings. The van der Waals surface area contributed by atoms with Crippen LogP contribution in [0.15, 0.2) is 36.4 Å². The molecule has 7 heteroatoms. The molecule has 1 saturated heterocycles. The van der Waals surface area contributed by atoms with E-state index < -0.39 is 0 Å². The van der Waals surface area contributed by atoms with E-state index in [-0.39, 0.29) is 5.75 Å². The number of methoxy groups -OCH3 is 1. The summed E-state index contributed by atoms with van der Waals surface area (Å²) in [5.74, 6) is 2.14. The number of benzene rings is 2. The van der Waals surface area contributed by atoms with Crippen molar-refractivity contribution in [2.45, 2.75) is 19.4 Å². The van der Waals surface area contributed by atoms with Crippen LogP contribution in [-0.2, 0) is 4.74 Å². The zero-order chi connectivity index (χ0) is 20.2. The molecule has 3 aromatic rings. The van der Waals surface area contributed by atoms with Crippen molar-refractivity contribution in [3.05, 3.63) is 42.0 Å². The Morgan fingerprint density at radius 1 is 1.17 bits per heavy atom. The Bertz CT molecular complexity index is 1000. The maximum atomic E-state index is 10.4. The minimum atomic E-state index is 0.163. The van der Waals surface area contributed by atoms with Gasteiger partial charge in [-0.2, -0.15) is 0 Å². The molecule has 0 aliphatic carbocycles. The van der Waals surface area contributed by atoms with Crippen LogP contribution in [0.1, 0.15) is 12.0 Å². The lowest BCUT2D eigenvalue weighted by atomic mass is 10.1. The largest absolute Gasteiger partial charge is 0.507 e. The summed E-state index contributed by atoms with van der Waals surface area (Å²) in [5.41, 5.74) is 2.41. The molecule has 1 aromatic heterocycles. The first-order valence-electron chi connectivity index (χ1n) is 9.85. The molecule has 0 radical (unpaired) electrons. The third-order valence-electron chi connectivity index (χ3n) is 5.02. The Morgan fingerprint density at radius 2 is 2.07 bits per heavy atom. The first kappa shape index (κ1) is 19.4. The highest BCUT2D eigenvalue weighted by molar-refractivity contribution is 5.92. The average molecular weight is 394 g/mol. The van der Waals surface area contributed by atoms with Crippen molar-refractivity contribution in [1.29, 1.82) is 0 Å². The molecule has 0 bridgehead atoms. The maximum absolute atomic E-state index is 10.4. The molecule has 0 unspecified atom stereocenters. The van der Waals surface area contributed by atoms with Gasteiger partial charge in [-0.25, -0.2) is 9.97 Å². The molecule has 152 valence electrons. The second-order valence-corrected chi connectivity index (χ2v) is 7.27. The van der Waals surface area contributed by atoms with E-state index in [1.54, 1.807) is 13.2 Å². The summed E-state index contributed by atoms with van der Waals surface area (Å²) in [6, 6.07) is 11.6. The Morgan fingerprint density at radius 3 is 2.86 bits per heavy atom. The second-order valence-electron chi connectivity index (χ2n) is 7.27. The number of aryl methyl sites for hydroxylation is 1. The van der Waals surface area contributed by atoms with Crippen LogP contribution in [0.2, 0.25) is 0 Å². The number of phenols is 1. The summed E-state index contributed by atoms with van der Waals surface area (Å²) < 4.78 is 10.8. The van der Waals surface area contributed by atoms with Crippen LogP contribution in [-0.4, -0.2) is 54.5 Å². The molecule has 2 heterocycles. The van der Waals surface area contributed by atoms with Gasteiger partial charge in [-0.05, 0) is 44.2 Å². The average Bonchev–Trinajstić information content (AvgIpc) is 3.23. The molecule has 7 nitrogen and oxygen atoms in total. The Balaban J connectivity index is 1.78. The summed E-state index contributed by atoms with van der Waals surface area (Å²) in [6.07, 6.45) is 1.04. The fourth-order valence-electron chi connectivity index (χ4n) is 3.47. The van der Waals surface area contributed by atoms with E-state index in [9.17, 15) is 5.11 Å². The number of nitrogens with zero attached hydrogens (tertiary/aromatic N) is 2. The predicted octanol–water partition coefficient (Wildman–Crippen LogP) is 3.11. The number of hydrogen-bond donors (Lipinski definition) is 3. The van der Waals surface area contributed by atoms with Crippen molar-refractivity contribution >= 4 is 16.7 Å². The number of hydrogen-bond acceptors (Lipinski definition) is 7. The Labute approximate surface area is 170 Å². The lowest BCUT2D eigenvalue weighted by Gasteiger charge is -2.16. The van der Waals surface area contributed by atoms with Crippen molar-refractivity contribution in [3.8, 4) is 22.9 Å². The maximum Gasteiger partial charge on any atom is 0.165 e. The van der Waals surface area contributed by atoms with Crippen molar-refractivity contribution in [1.82, 2.24) is 15.3 Å². The normalized spacial score (nSPS) is 16.3. The smallest absolute Gasteiger partial charge is 0.165 e. The summed E-state index contributed by atoms with van der Waals surface area (Å²) in [7, 11) is 1.65. The first-order valence-corrected chi connectivity index (χ1v) is 9.85. The first-order chi connectivity index (χ1) is 14.1. The molecule has 0 saturated carbocycles. The monoisotopic (exact) mass is 394 g/mol. The Kier molecular flexibility index (Phi) is 5.78. The third kappa shape index (κ3) is 4.41. The fourth-order valence-corrected chi connectivity index (χ4v) is 3.47. The van der Waals surface area contributed by atoms with Crippen molar-refractivity contribution in [2.75, 3.05) is 38.7 Å². The number of nitrogens with one attached hydrogen (secondary N) is 2. The second kappa shape index (κ2) is 8.63. The minimum Gasteiger partial charge on any atom is -0.507 e. The van der Waals surface area contributed by atoms with Crippen LogP contribution in [0.5, 0.6) is 11.5 Å². The summed E-state index contributed by atoms with van der Waals surface area (Å²) in [6.45, 7) is 4.86. The van der Waals surface area contributed by atoms with Gasteiger partial charge in [0.1, 0.15) is 23.9 Å². The van der Waals surface area contributed by atoms with Gasteiger partial charge in [-0.1, -0.05) is 11.6 Å². The molecule has 1 aliphatic heterocycles. The highest BCUT2D eigenvalue weighted by Gasteiger charge is 2.18. The molecule has 0 spiro atoms. The topological polar surface area (TPSA) is 88.5 Å². The third-order valence-corrected chi connectivity index (χ3v) is 5.02. The van der Waals surface area contributed by atoms with Crippen LogP contribution in [0, 0.1) is 6.92 Å². The molecular weight excluding hydrogens is 368 g/mol. The van der Waals surface area contributed by atoms with E-state index in [2.05, 4.69) is 10.6 Å². The van der Waals surface area contributed by atoms with Crippen LogP contribution >= 0.6 is 0 Å². The van der Waals surface area contributed by atoms with Gasteiger partial charge >= 0.3 is 0 Å². The summed E-state index contributed by atoms with van der Waals surface area (Å²) >= 11 is 0. The van der Waals surface area contributed by atoms with E-state index in [4.69, 9.17) is 19.4 Å². The van der Waals surface area contributed by atoms with Crippen LogP contribution in [0.4, 0.5) is 5.82 Å². The van der Waals surface area contributed by atoms with Gasteiger partial charge in [-0.3, -0.25) is 0 Å². The predicted molar refractivity (Wildman–Crippen MR) is 114 cm³/mol. The van der Waals surface area contributed by atoms with Gasteiger partial charge in [0.05, 0.1) is 17.7 Å². The van der Waals surface area contributed by atoms with E-state index in [0.29, 0.717) is 30.6 Å². The number of rotatable bonds is 7. The SMILES string of the molecule is COCCOc1ccc2c(N[C@H]3CCNC3)nc(-c3cc(C)ccc3O)nc2c1. The van der Waals surface area contributed by atoms with Gasteiger partial charge in [-0.15, -0.1) is 0 Å². The molecule has 0 amide bonds. The van der Waals surface area contributed by atoms with Gasteiger partial charge in [0.2, 0.25) is 0 Å². The Hall–Kier alpha value is -2.90. The van der Waals surface area contributed by atoms with Crippen LogP contribution in [0.3, 0.4) is 0 Å². The summed E-state index contributed by atoms with van der Waals surface area (Å²) in [4.78, 5) is 9.50. The summed E-state index contributed by atoms with van der Waals surface area (Å²) in [5, 5.41) is 18.2. The van der Waals surface area contributed by atoms with E-state index in [1.807, 2.05) is 37.3 Å². The number of fused-ring (bicyclic) bond motifs is 1. The van der Waals surface area contributed by atoms with Crippen molar-refractivity contribution in [2.24, 2.45) is 0 Å². The lowest BCUT2D eigenvalue weighted by molar-refractivity contribution is 0.146. The van der Waals surface area contributed by atoms with E-state index >= 15 is 0 Å². The van der Waals surface area contributed by atoms with E-state index in [1.165, 1.54) is 0 Å². The van der Waals surface area contributed by atoms with Crippen molar-refractivity contribution < 1.29 is 14.6 Å². The van der Waals surface area contributed by atoms with Gasteiger partial charge in [0.15, 0.2) is 5.82 Å². The highest BCUT2D eigenvalue weighted by Crippen LogP contribution is 2.32. The fraction of sp³-hybridized carbons (Fsp3) is 0.364. The standard InChI is InChI=1S/C22H26N4O3/c1-14-3-6-20(27)18(11-14)22-25-19-12-16(29-10-9-28-2)4-5-17(19)21(26-22)24-15-7-8-23-13-15/h3-6,11-12,15,23,27H,7-10,13H2,1-2H3,(H,24,25,26)/t15-/m0/s1. The molecule has 1 atom stereocenters. The highest BCUT2D eigenvalue weighted by atomic mass is 16.5. The lowest BCUT2D eigenvalue weighted by Crippen LogP contribution is -2.23. The number of aromatic hydroxyl groups is 1. The minimum absolute atomic E-state index is 0.163. The number of anilines is 1. The van der Waals surface area contributed by atoms with E-state index in [0.717, 1.165) is 47.5 Å². The molecule has 29 heavy (non-hydrogen) atoms. The van der Waals surface area contributed by atoms with Gasteiger partial charge in [0, 0.05) is 31.1 Å². The number of ether oxygens (including phenoxy) is 2. The zero-order valence-electron chi connectivity index (χ0n) is 16.7. The number of phenolic OH excluding ortho intramolecular Hbond substituents is 1. The van der Waals surface area contributed by atoms with Crippen molar-refractivity contribution in [3.63, 3.8) is 0 Å².